The van der Waals surface area contributed by atoms with Crippen molar-refractivity contribution in [2.24, 2.45) is 0 Å². The van der Waals surface area contributed by atoms with Crippen molar-refractivity contribution in [2.75, 3.05) is 0 Å². The van der Waals surface area contributed by atoms with Crippen LogP contribution in [0.1, 0.15) is 35.8 Å². The zero-order valence-corrected chi connectivity index (χ0v) is 14.9. The molecule has 0 unspecified atom stereocenters. The van der Waals surface area contributed by atoms with Gasteiger partial charge in [-0.25, -0.2) is 0 Å². The maximum absolute atomic E-state index is 12.7. The molecule has 1 heterocycles. The Morgan fingerprint density at radius 3 is 2.63 bits per heavy atom. The molecular weight excluding hydrogens is 342 g/mol. The highest BCUT2D eigenvalue weighted by Gasteiger charge is 2.17. The van der Waals surface area contributed by atoms with E-state index in [4.69, 9.17) is 0 Å². The van der Waals surface area contributed by atoms with E-state index in [0.717, 1.165) is 16.5 Å². The van der Waals surface area contributed by atoms with Crippen LogP contribution >= 0.6 is 0 Å². The van der Waals surface area contributed by atoms with Crippen molar-refractivity contribution in [2.45, 2.75) is 19.9 Å². The molecule has 3 aromatic rings. The van der Waals surface area contributed by atoms with Crippen LogP contribution in [0.5, 0.6) is 0 Å². The van der Waals surface area contributed by atoms with Crippen LogP contribution in [0.25, 0.3) is 17.0 Å². The minimum absolute atomic E-state index is 0.0674. The first-order valence-corrected chi connectivity index (χ1v) is 8.43. The molecule has 0 saturated heterocycles. The fraction of sp³-hybridized carbons (Fsp3) is 0.143. The lowest BCUT2D eigenvalue weighted by Crippen LogP contribution is -2.02. The molecule has 0 atom stereocenters. The number of hydrogen-bond acceptors (Lipinski definition) is 4. The maximum Gasteiger partial charge on any atom is 0.270 e. The summed E-state index contributed by atoms with van der Waals surface area (Å²) in [6.45, 7) is 4.11. The van der Waals surface area contributed by atoms with Crippen LogP contribution in [0.15, 0.2) is 60.3 Å². The van der Waals surface area contributed by atoms with E-state index < -0.39 is 10.7 Å². The summed E-state index contributed by atoms with van der Waals surface area (Å²) in [5, 5.41) is 21.4. The lowest BCUT2D eigenvalue weighted by molar-refractivity contribution is -0.384. The predicted molar refractivity (Wildman–Crippen MR) is 103 cm³/mol. The Balaban J connectivity index is 2.09. The Labute approximate surface area is 156 Å². The van der Waals surface area contributed by atoms with Gasteiger partial charge in [0.25, 0.3) is 5.69 Å². The number of aromatic nitrogens is 1. The fourth-order valence-corrected chi connectivity index (χ4v) is 2.99. The van der Waals surface area contributed by atoms with Crippen molar-refractivity contribution >= 4 is 28.4 Å². The number of nitro benzene ring substituents is 1. The summed E-state index contributed by atoms with van der Waals surface area (Å²) < 4.78 is 2.08. The highest BCUT2D eigenvalue weighted by atomic mass is 16.6. The minimum Gasteiger partial charge on any atom is -0.344 e. The second kappa shape index (κ2) is 7.26. The number of para-hydroxylation sites is 1. The van der Waals surface area contributed by atoms with Crippen LogP contribution < -0.4 is 0 Å². The second-order valence-electron chi connectivity index (χ2n) is 6.41. The normalized spacial score (nSPS) is 11.6. The van der Waals surface area contributed by atoms with Crippen LogP contribution in [-0.4, -0.2) is 15.3 Å². The third-order valence-electron chi connectivity index (χ3n) is 4.31. The molecule has 0 radical (unpaired) electrons. The molecule has 2 aromatic carbocycles. The number of benzene rings is 2. The van der Waals surface area contributed by atoms with Crippen molar-refractivity contribution in [3.05, 3.63) is 81.5 Å². The number of fused-ring (bicyclic) bond motifs is 1. The summed E-state index contributed by atoms with van der Waals surface area (Å²) in [7, 11) is 0. The van der Waals surface area contributed by atoms with Crippen LogP contribution in [-0.2, 0) is 0 Å². The zero-order chi connectivity index (χ0) is 19.6. The molecule has 3 rings (SSSR count). The largest absolute Gasteiger partial charge is 0.344 e. The van der Waals surface area contributed by atoms with Gasteiger partial charge in [0, 0.05) is 46.4 Å². The van der Waals surface area contributed by atoms with Crippen LogP contribution in [0, 0.1) is 21.4 Å². The highest BCUT2D eigenvalue weighted by molar-refractivity contribution is 6.15. The van der Waals surface area contributed by atoms with Crippen LogP contribution in [0.3, 0.4) is 0 Å². The third-order valence-corrected chi connectivity index (χ3v) is 4.31. The van der Waals surface area contributed by atoms with Gasteiger partial charge in [0.05, 0.1) is 4.92 Å². The maximum atomic E-state index is 12.7. The number of allylic oxidation sites excluding steroid dienone is 1. The van der Waals surface area contributed by atoms with Gasteiger partial charge in [-0.3, -0.25) is 14.9 Å². The van der Waals surface area contributed by atoms with Crippen molar-refractivity contribution < 1.29 is 9.72 Å². The first-order valence-electron chi connectivity index (χ1n) is 8.43. The Bertz CT molecular complexity index is 1120. The summed E-state index contributed by atoms with van der Waals surface area (Å²) in [6, 6.07) is 15.3. The summed E-state index contributed by atoms with van der Waals surface area (Å²) >= 11 is 0. The molecule has 0 fully saturated rings. The number of rotatable bonds is 5. The Morgan fingerprint density at radius 1 is 1.22 bits per heavy atom. The SMILES string of the molecule is CC(C)n1cc(/C=C(\C#N)C(=O)c2cccc([N+](=O)[O-])c2)c2ccccc21. The van der Waals surface area contributed by atoms with Crippen molar-refractivity contribution in [3.8, 4) is 6.07 Å². The molecule has 6 heteroatoms. The van der Waals surface area contributed by atoms with Crippen molar-refractivity contribution in [1.29, 1.82) is 5.26 Å². The molecular formula is C21H17N3O3. The fourth-order valence-electron chi connectivity index (χ4n) is 2.99. The molecule has 0 amide bonds. The number of nitrogens with zero attached hydrogens (tertiary/aromatic N) is 3. The molecule has 0 saturated carbocycles. The van der Waals surface area contributed by atoms with E-state index in [1.165, 1.54) is 24.3 Å². The number of Topliss-reactive ketones (excluding diaryl/α,β-unsaturated/α-hetero) is 1. The van der Waals surface area contributed by atoms with E-state index in [9.17, 15) is 20.2 Å². The van der Waals surface area contributed by atoms with E-state index in [0.29, 0.717) is 0 Å². The van der Waals surface area contributed by atoms with Gasteiger partial charge in [0.15, 0.2) is 0 Å². The average Bonchev–Trinajstić information content (AvgIpc) is 3.04. The average molecular weight is 359 g/mol. The number of non-ortho nitro benzene ring substituents is 1. The number of carbonyl (C=O) groups excluding carboxylic acids is 1. The Morgan fingerprint density at radius 2 is 1.96 bits per heavy atom. The standard InChI is InChI=1S/C21H17N3O3/c1-14(2)23-13-17(19-8-3-4-9-20(19)23)10-16(12-22)21(25)15-6-5-7-18(11-15)24(26)27/h3-11,13-14H,1-2H3/b16-10+. The lowest BCUT2D eigenvalue weighted by atomic mass is 10.0. The van der Waals surface area contributed by atoms with Gasteiger partial charge < -0.3 is 4.57 Å². The Hall–Kier alpha value is -3.72. The third kappa shape index (κ3) is 3.48. The number of ketones is 1. The molecule has 6 nitrogen and oxygen atoms in total. The molecule has 0 aliphatic carbocycles. The van der Waals surface area contributed by atoms with E-state index in [1.54, 1.807) is 6.08 Å². The lowest BCUT2D eigenvalue weighted by Gasteiger charge is -2.08. The van der Waals surface area contributed by atoms with Gasteiger partial charge >= 0.3 is 0 Å². The van der Waals surface area contributed by atoms with Gasteiger partial charge in [-0.1, -0.05) is 30.3 Å². The number of hydrogen-bond donors (Lipinski definition) is 0. The smallest absolute Gasteiger partial charge is 0.270 e. The molecule has 0 aliphatic heterocycles. The van der Waals surface area contributed by atoms with Gasteiger partial charge in [0.1, 0.15) is 11.6 Å². The van der Waals surface area contributed by atoms with Gasteiger partial charge in [-0.2, -0.15) is 5.26 Å². The van der Waals surface area contributed by atoms with Crippen molar-refractivity contribution in [3.63, 3.8) is 0 Å². The molecule has 27 heavy (non-hydrogen) atoms. The molecule has 134 valence electrons. The second-order valence-corrected chi connectivity index (χ2v) is 6.41. The van der Waals surface area contributed by atoms with E-state index in [-0.39, 0.29) is 22.9 Å². The van der Waals surface area contributed by atoms with E-state index in [2.05, 4.69) is 18.4 Å². The molecule has 1 aromatic heterocycles. The number of carbonyl (C=O) groups is 1. The van der Waals surface area contributed by atoms with Crippen LogP contribution in [0.2, 0.25) is 0 Å². The predicted octanol–water partition coefficient (Wildman–Crippen LogP) is 4.92. The minimum atomic E-state index is -0.567. The molecule has 0 aliphatic rings. The van der Waals surface area contributed by atoms with E-state index >= 15 is 0 Å². The molecule has 0 N–H and O–H groups in total. The number of nitriles is 1. The topological polar surface area (TPSA) is 88.9 Å². The first kappa shape index (κ1) is 18.1. The van der Waals surface area contributed by atoms with Gasteiger partial charge in [-0.15, -0.1) is 0 Å². The Kier molecular flexibility index (Phi) is 4.86. The summed E-state index contributed by atoms with van der Waals surface area (Å²) in [5.74, 6) is -0.539. The quantitative estimate of drug-likeness (QED) is 0.213. The van der Waals surface area contributed by atoms with Crippen LogP contribution in [0.4, 0.5) is 5.69 Å². The monoisotopic (exact) mass is 359 g/mol. The van der Waals surface area contributed by atoms with Crippen molar-refractivity contribution in [1.82, 2.24) is 4.57 Å². The van der Waals surface area contributed by atoms with Gasteiger partial charge in [-0.05, 0) is 26.0 Å². The molecule has 0 spiro atoms. The first-order chi connectivity index (χ1) is 12.9. The summed E-state index contributed by atoms with van der Waals surface area (Å²) in [4.78, 5) is 23.1. The summed E-state index contributed by atoms with van der Waals surface area (Å²) in [6.07, 6.45) is 3.45. The zero-order valence-electron chi connectivity index (χ0n) is 14.9. The van der Waals surface area contributed by atoms with E-state index in [1.807, 2.05) is 36.5 Å². The summed E-state index contributed by atoms with van der Waals surface area (Å²) in [5.41, 5.74) is 1.63. The number of nitro groups is 1. The highest BCUT2D eigenvalue weighted by Crippen LogP contribution is 2.27. The van der Waals surface area contributed by atoms with Gasteiger partial charge in [0.2, 0.25) is 5.78 Å². The molecule has 0 bridgehead atoms.